The van der Waals surface area contributed by atoms with E-state index in [4.69, 9.17) is 9.47 Å². The van der Waals surface area contributed by atoms with Crippen LogP contribution in [0.5, 0.6) is 5.75 Å². The third-order valence-corrected chi connectivity index (χ3v) is 6.62. The number of ether oxygens (including phenoxy) is 2. The molecule has 174 valence electrons. The zero-order valence-corrected chi connectivity index (χ0v) is 19.6. The van der Waals surface area contributed by atoms with Crippen LogP contribution in [0, 0.1) is 13.8 Å². The number of hydrogen-bond acceptors (Lipinski definition) is 8. The van der Waals surface area contributed by atoms with Gasteiger partial charge in [-0.1, -0.05) is 0 Å². The van der Waals surface area contributed by atoms with Crippen LogP contribution in [0.15, 0.2) is 53.4 Å². The average Bonchev–Trinajstić information content (AvgIpc) is 2.80. The molecule has 9 nitrogen and oxygen atoms in total. The van der Waals surface area contributed by atoms with Gasteiger partial charge in [0.05, 0.1) is 25.2 Å². The molecule has 2 heterocycles. The van der Waals surface area contributed by atoms with Gasteiger partial charge in [-0.3, -0.25) is 4.72 Å². The first-order valence-electron chi connectivity index (χ1n) is 10.6. The van der Waals surface area contributed by atoms with Crippen LogP contribution in [0.25, 0.3) is 0 Å². The molecule has 0 amide bonds. The van der Waals surface area contributed by atoms with Crippen LogP contribution >= 0.6 is 0 Å². The molecule has 2 aromatic carbocycles. The predicted octanol–water partition coefficient (Wildman–Crippen LogP) is 3.48. The fourth-order valence-corrected chi connectivity index (χ4v) is 4.72. The molecular weight excluding hydrogens is 442 g/mol. The lowest BCUT2D eigenvalue weighted by molar-refractivity contribution is 0.122. The standard InChI is InChI=1S/C23H27N5O4S/c1-16-14-20(8-9-21(16)31-3)33(29,30)27-19-6-4-18(5-7-19)26-22-15-23(25-17(2)24-22)28-10-12-32-13-11-28/h4-9,14-15,27H,10-13H2,1-3H3,(H,24,25,26). The second kappa shape index (κ2) is 9.63. The number of anilines is 4. The Morgan fingerprint density at radius 2 is 1.67 bits per heavy atom. The molecule has 1 aliphatic heterocycles. The van der Waals surface area contributed by atoms with Crippen molar-refractivity contribution in [2.24, 2.45) is 0 Å². The summed E-state index contributed by atoms with van der Waals surface area (Å²) in [4.78, 5) is 11.3. The van der Waals surface area contributed by atoms with Crippen molar-refractivity contribution < 1.29 is 17.9 Å². The summed E-state index contributed by atoms with van der Waals surface area (Å²) in [6.07, 6.45) is 0. The van der Waals surface area contributed by atoms with E-state index in [2.05, 4.69) is 24.9 Å². The maximum absolute atomic E-state index is 12.8. The number of methoxy groups -OCH3 is 1. The number of nitrogens with zero attached hydrogens (tertiary/aromatic N) is 3. The van der Waals surface area contributed by atoms with Gasteiger partial charge in [0, 0.05) is 30.5 Å². The Bertz CT molecular complexity index is 1230. The number of hydrogen-bond donors (Lipinski definition) is 2. The number of morpholine rings is 1. The number of rotatable bonds is 7. The molecule has 0 saturated carbocycles. The van der Waals surface area contributed by atoms with E-state index < -0.39 is 10.0 Å². The van der Waals surface area contributed by atoms with Crippen molar-refractivity contribution in [1.29, 1.82) is 0 Å². The molecule has 1 aliphatic rings. The van der Waals surface area contributed by atoms with E-state index in [1.807, 2.05) is 13.0 Å². The second-order valence-electron chi connectivity index (χ2n) is 7.70. The summed E-state index contributed by atoms with van der Waals surface area (Å²) in [5.41, 5.74) is 1.99. The predicted molar refractivity (Wildman–Crippen MR) is 128 cm³/mol. The highest BCUT2D eigenvalue weighted by Crippen LogP contribution is 2.25. The molecule has 0 atom stereocenters. The van der Waals surface area contributed by atoms with E-state index in [0.717, 1.165) is 30.2 Å². The van der Waals surface area contributed by atoms with E-state index >= 15 is 0 Å². The van der Waals surface area contributed by atoms with Crippen molar-refractivity contribution >= 4 is 33.0 Å². The summed E-state index contributed by atoms with van der Waals surface area (Å²) >= 11 is 0. The van der Waals surface area contributed by atoms with Crippen LogP contribution in [0.3, 0.4) is 0 Å². The molecular formula is C23H27N5O4S. The van der Waals surface area contributed by atoms with Crippen molar-refractivity contribution in [3.8, 4) is 5.75 Å². The van der Waals surface area contributed by atoms with Gasteiger partial charge < -0.3 is 19.7 Å². The summed E-state index contributed by atoms with van der Waals surface area (Å²) in [5, 5.41) is 3.27. The van der Waals surface area contributed by atoms with Crippen LogP contribution in [0.1, 0.15) is 11.4 Å². The Balaban J connectivity index is 1.46. The van der Waals surface area contributed by atoms with Crippen molar-refractivity contribution in [1.82, 2.24) is 9.97 Å². The first-order chi connectivity index (χ1) is 15.8. The van der Waals surface area contributed by atoms with Gasteiger partial charge in [-0.15, -0.1) is 0 Å². The number of benzene rings is 2. The van der Waals surface area contributed by atoms with Gasteiger partial charge in [-0.2, -0.15) is 0 Å². The van der Waals surface area contributed by atoms with Crippen molar-refractivity contribution in [3.63, 3.8) is 0 Å². The van der Waals surface area contributed by atoms with Crippen LogP contribution in [0.2, 0.25) is 0 Å². The van der Waals surface area contributed by atoms with Crippen molar-refractivity contribution in [3.05, 3.63) is 59.9 Å². The fraction of sp³-hybridized carbons (Fsp3) is 0.304. The summed E-state index contributed by atoms with van der Waals surface area (Å²) < 4.78 is 38.7. The van der Waals surface area contributed by atoms with E-state index in [9.17, 15) is 8.42 Å². The summed E-state index contributed by atoms with van der Waals surface area (Å²) in [6, 6.07) is 13.6. The van der Waals surface area contributed by atoms with E-state index in [0.29, 0.717) is 36.3 Å². The maximum atomic E-state index is 12.8. The van der Waals surface area contributed by atoms with Crippen LogP contribution in [-0.2, 0) is 14.8 Å². The highest BCUT2D eigenvalue weighted by atomic mass is 32.2. The molecule has 33 heavy (non-hydrogen) atoms. The quantitative estimate of drug-likeness (QED) is 0.542. The molecule has 1 aromatic heterocycles. The molecule has 0 radical (unpaired) electrons. The Morgan fingerprint density at radius 1 is 0.970 bits per heavy atom. The molecule has 1 fully saturated rings. The molecule has 2 N–H and O–H groups in total. The zero-order chi connectivity index (χ0) is 23.4. The van der Waals surface area contributed by atoms with Crippen molar-refractivity contribution in [2.45, 2.75) is 18.7 Å². The first kappa shape index (κ1) is 22.8. The van der Waals surface area contributed by atoms with Gasteiger partial charge in [0.2, 0.25) is 0 Å². The second-order valence-corrected chi connectivity index (χ2v) is 9.38. The summed E-state index contributed by atoms with van der Waals surface area (Å²) in [6.45, 7) is 6.60. The van der Waals surface area contributed by atoms with Crippen LogP contribution < -0.4 is 19.7 Å². The zero-order valence-electron chi connectivity index (χ0n) is 18.8. The summed E-state index contributed by atoms with van der Waals surface area (Å²) in [7, 11) is -2.17. The fourth-order valence-electron chi connectivity index (χ4n) is 3.57. The molecule has 0 spiro atoms. The molecule has 0 aliphatic carbocycles. The first-order valence-corrected chi connectivity index (χ1v) is 12.1. The third kappa shape index (κ3) is 5.52. The minimum absolute atomic E-state index is 0.176. The number of sulfonamides is 1. The van der Waals surface area contributed by atoms with Gasteiger partial charge in [-0.25, -0.2) is 18.4 Å². The van der Waals surface area contributed by atoms with Gasteiger partial charge in [0.1, 0.15) is 23.2 Å². The summed E-state index contributed by atoms with van der Waals surface area (Å²) in [5.74, 6) is 2.83. The van der Waals surface area contributed by atoms with Crippen LogP contribution in [0.4, 0.5) is 23.0 Å². The maximum Gasteiger partial charge on any atom is 0.261 e. The lowest BCUT2D eigenvalue weighted by atomic mass is 10.2. The Labute approximate surface area is 193 Å². The SMILES string of the molecule is COc1ccc(S(=O)(=O)Nc2ccc(Nc3cc(N4CCOCC4)nc(C)n3)cc2)cc1C. The highest BCUT2D eigenvalue weighted by Gasteiger charge is 2.16. The molecule has 3 aromatic rings. The van der Waals surface area contributed by atoms with Gasteiger partial charge in [0.15, 0.2) is 0 Å². The highest BCUT2D eigenvalue weighted by molar-refractivity contribution is 7.92. The Morgan fingerprint density at radius 3 is 2.33 bits per heavy atom. The average molecular weight is 470 g/mol. The third-order valence-electron chi connectivity index (χ3n) is 5.25. The van der Waals surface area contributed by atoms with Gasteiger partial charge >= 0.3 is 0 Å². The molecule has 0 bridgehead atoms. The minimum atomic E-state index is -3.72. The van der Waals surface area contributed by atoms with E-state index in [1.165, 1.54) is 6.07 Å². The molecule has 10 heteroatoms. The lowest BCUT2D eigenvalue weighted by Crippen LogP contribution is -2.36. The molecule has 4 rings (SSSR count). The van der Waals surface area contributed by atoms with E-state index in [1.54, 1.807) is 50.4 Å². The van der Waals surface area contributed by atoms with Crippen LogP contribution in [-0.4, -0.2) is 51.8 Å². The lowest BCUT2D eigenvalue weighted by Gasteiger charge is -2.28. The van der Waals surface area contributed by atoms with Gasteiger partial charge in [0.25, 0.3) is 10.0 Å². The monoisotopic (exact) mass is 469 g/mol. The van der Waals surface area contributed by atoms with Crippen molar-refractivity contribution in [2.75, 3.05) is 48.4 Å². The topological polar surface area (TPSA) is 106 Å². The number of nitrogens with one attached hydrogen (secondary N) is 2. The Hall–Kier alpha value is -3.37. The minimum Gasteiger partial charge on any atom is -0.496 e. The number of aromatic nitrogens is 2. The smallest absolute Gasteiger partial charge is 0.261 e. The molecule has 1 saturated heterocycles. The van der Waals surface area contributed by atoms with E-state index in [-0.39, 0.29) is 4.90 Å². The normalized spacial score (nSPS) is 14.1. The Kier molecular flexibility index (Phi) is 6.66. The van der Waals surface area contributed by atoms with Gasteiger partial charge in [-0.05, 0) is 61.9 Å². The largest absolute Gasteiger partial charge is 0.496 e. The molecule has 0 unspecified atom stereocenters. The number of aryl methyl sites for hydroxylation is 2.